The topological polar surface area (TPSA) is 54.1 Å². The second kappa shape index (κ2) is 6.45. The highest BCUT2D eigenvalue weighted by molar-refractivity contribution is 7.73. The third-order valence-corrected chi connectivity index (χ3v) is 4.48. The maximum Gasteiger partial charge on any atom is 0.225 e. The Balaban J connectivity index is 1.71. The largest absolute Gasteiger partial charge is 0.381 e. The van der Waals surface area contributed by atoms with E-state index in [0.29, 0.717) is 12.3 Å². The van der Waals surface area contributed by atoms with Crippen molar-refractivity contribution in [3.8, 4) is 0 Å². The summed E-state index contributed by atoms with van der Waals surface area (Å²) in [7, 11) is 0. The number of aryl methyl sites for hydroxylation is 1. The van der Waals surface area contributed by atoms with Gasteiger partial charge in [-0.2, -0.15) is 0 Å². The Labute approximate surface area is 116 Å². The summed E-state index contributed by atoms with van der Waals surface area (Å²) in [5, 5.41) is 2.96. The molecule has 2 heterocycles. The fourth-order valence-electron chi connectivity index (χ4n) is 2.04. The monoisotopic (exact) mass is 286 g/mol. The molecule has 0 saturated carbocycles. The number of nitrogens with one attached hydrogen (secondary N) is 2. The van der Waals surface area contributed by atoms with Gasteiger partial charge in [0.05, 0.1) is 6.42 Å². The van der Waals surface area contributed by atoms with Crippen LogP contribution in [0.2, 0.25) is 0 Å². The van der Waals surface area contributed by atoms with Gasteiger partial charge in [0.2, 0.25) is 5.91 Å². The van der Waals surface area contributed by atoms with Gasteiger partial charge in [0.15, 0.2) is 3.95 Å². The first-order chi connectivity index (χ1) is 8.65. The Bertz CT molecular complexity index is 461. The molecule has 1 fully saturated rings. The third-order valence-electron chi connectivity index (χ3n) is 3.14. The van der Waals surface area contributed by atoms with Crippen LogP contribution in [0.5, 0.6) is 0 Å². The fraction of sp³-hybridized carbons (Fsp3) is 0.667. The average Bonchev–Trinajstić information content (AvgIpc) is 2.90. The highest BCUT2D eigenvalue weighted by Gasteiger charge is 2.15. The van der Waals surface area contributed by atoms with Crippen LogP contribution in [0.1, 0.15) is 23.4 Å². The number of thiazole rings is 1. The zero-order chi connectivity index (χ0) is 13.0. The number of hydrogen-bond donors (Lipinski definition) is 2. The van der Waals surface area contributed by atoms with Crippen molar-refractivity contribution >= 4 is 29.5 Å². The number of ether oxygens (including phenoxy) is 1. The first-order valence-electron chi connectivity index (χ1n) is 6.18. The molecule has 0 spiro atoms. The molecule has 1 aromatic heterocycles. The normalized spacial score (nSPS) is 19.1. The number of carbonyl (C=O) groups is 1. The predicted molar refractivity (Wildman–Crippen MR) is 74.5 cm³/mol. The van der Waals surface area contributed by atoms with Gasteiger partial charge in [0.1, 0.15) is 0 Å². The Morgan fingerprint density at radius 2 is 2.50 bits per heavy atom. The van der Waals surface area contributed by atoms with E-state index in [1.807, 2.05) is 6.92 Å². The highest BCUT2D eigenvalue weighted by Crippen LogP contribution is 2.16. The van der Waals surface area contributed by atoms with E-state index in [-0.39, 0.29) is 5.91 Å². The van der Waals surface area contributed by atoms with Gasteiger partial charge < -0.3 is 15.0 Å². The molecule has 1 atom stereocenters. The molecule has 18 heavy (non-hydrogen) atoms. The second-order valence-electron chi connectivity index (χ2n) is 4.61. The second-order valence-corrected chi connectivity index (χ2v) is 6.38. The maximum atomic E-state index is 11.8. The van der Waals surface area contributed by atoms with Crippen LogP contribution in [0.3, 0.4) is 0 Å². The van der Waals surface area contributed by atoms with E-state index < -0.39 is 0 Å². The van der Waals surface area contributed by atoms with Crippen LogP contribution in [-0.2, 0) is 16.0 Å². The van der Waals surface area contributed by atoms with E-state index in [1.54, 1.807) is 0 Å². The third kappa shape index (κ3) is 3.90. The summed E-state index contributed by atoms with van der Waals surface area (Å²) >= 11 is 6.53. The minimum absolute atomic E-state index is 0.0715. The lowest BCUT2D eigenvalue weighted by molar-refractivity contribution is -0.120. The highest BCUT2D eigenvalue weighted by atomic mass is 32.1. The number of hydrogen-bond acceptors (Lipinski definition) is 4. The lowest BCUT2D eigenvalue weighted by Crippen LogP contribution is -2.27. The minimum atomic E-state index is 0.0715. The van der Waals surface area contributed by atoms with Gasteiger partial charge in [-0.1, -0.05) is 0 Å². The zero-order valence-corrected chi connectivity index (χ0v) is 12.1. The molecule has 100 valence electrons. The molecule has 0 aromatic carbocycles. The Kier molecular flexibility index (Phi) is 4.91. The van der Waals surface area contributed by atoms with Crippen molar-refractivity contribution in [2.45, 2.75) is 26.2 Å². The van der Waals surface area contributed by atoms with Crippen LogP contribution < -0.4 is 5.32 Å². The molecule has 1 saturated heterocycles. The van der Waals surface area contributed by atoms with Crippen molar-refractivity contribution in [2.24, 2.45) is 5.92 Å². The molecule has 6 heteroatoms. The quantitative estimate of drug-likeness (QED) is 0.816. The first-order valence-corrected chi connectivity index (χ1v) is 7.40. The standard InChI is InChI=1S/C12H18N2O2S2/c1-8-10(18-12(17)14-8)6-11(15)13-4-2-9-3-5-16-7-9/h9H,2-7H2,1H3,(H,13,15)(H,14,17). The molecular weight excluding hydrogens is 268 g/mol. The summed E-state index contributed by atoms with van der Waals surface area (Å²) in [6.07, 6.45) is 2.55. The van der Waals surface area contributed by atoms with Gasteiger partial charge in [-0.25, -0.2) is 0 Å². The molecule has 0 aliphatic carbocycles. The Hall–Kier alpha value is -0.720. The van der Waals surface area contributed by atoms with E-state index >= 15 is 0 Å². The van der Waals surface area contributed by atoms with Gasteiger partial charge in [-0.05, 0) is 37.9 Å². The van der Waals surface area contributed by atoms with E-state index in [0.717, 1.165) is 47.1 Å². The molecular formula is C12H18N2O2S2. The molecule has 1 aliphatic heterocycles. The summed E-state index contributed by atoms with van der Waals surface area (Å²) in [6, 6.07) is 0. The minimum Gasteiger partial charge on any atom is -0.381 e. The Morgan fingerprint density at radius 3 is 3.11 bits per heavy atom. The summed E-state index contributed by atoms with van der Waals surface area (Å²) in [6.45, 7) is 4.39. The van der Waals surface area contributed by atoms with Crippen LogP contribution in [0, 0.1) is 16.8 Å². The van der Waals surface area contributed by atoms with Gasteiger partial charge in [0, 0.05) is 30.3 Å². The molecule has 1 unspecified atom stereocenters. The smallest absolute Gasteiger partial charge is 0.225 e. The van der Waals surface area contributed by atoms with Crippen molar-refractivity contribution in [1.29, 1.82) is 0 Å². The van der Waals surface area contributed by atoms with Crippen LogP contribution in [0.4, 0.5) is 0 Å². The lowest BCUT2D eigenvalue weighted by atomic mass is 10.1. The van der Waals surface area contributed by atoms with E-state index in [1.165, 1.54) is 11.3 Å². The van der Waals surface area contributed by atoms with Crippen LogP contribution in [0.25, 0.3) is 0 Å². The van der Waals surface area contributed by atoms with Crippen molar-refractivity contribution in [1.82, 2.24) is 10.3 Å². The first kappa shape index (κ1) is 13.7. The molecule has 4 nitrogen and oxygen atoms in total. The van der Waals surface area contributed by atoms with E-state index in [9.17, 15) is 4.79 Å². The number of aromatic amines is 1. The maximum absolute atomic E-state index is 11.8. The number of rotatable bonds is 5. The molecule has 2 rings (SSSR count). The molecule has 1 amide bonds. The van der Waals surface area contributed by atoms with Gasteiger partial charge in [0.25, 0.3) is 0 Å². The SMILES string of the molecule is Cc1[nH]c(=S)sc1CC(=O)NCCC1CCOC1. The van der Waals surface area contributed by atoms with Crippen LogP contribution >= 0.6 is 23.6 Å². The molecule has 1 aromatic rings. The number of H-pyrrole nitrogens is 1. The average molecular weight is 286 g/mol. The predicted octanol–water partition coefficient (Wildman–Crippen LogP) is 2.20. The Morgan fingerprint density at radius 1 is 1.67 bits per heavy atom. The lowest BCUT2D eigenvalue weighted by Gasteiger charge is -2.08. The zero-order valence-electron chi connectivity index (χ0n) is 10.5. The van der Waals surface area contributed by atoms with Crippen molar-refractivity contribution in [2.75, 3.05) is 19.8 Å². The number of aromatic nitrogens is 1. The number of carbonyl (C=O) groups excluding carboxylic acids is 1. The molecule has 0 radical (unpaired) electrons. The van der Waals surface area contributed by atoms with E-state index in [2.05, 4.69) is 10.3 Å². The summed E-state index contributed by atoms with van der Waals surface area (Å²) in [5.41, 5.74) is 1.00. The number of amides is 1. The van der Waals surface area contributed by atoms with Crippen molar-refractivity contribution < 1.29 is 9.53 Å². The molecule has 2 N–H and O–H groups in total. The van der Waals surface area contributed by atoms with Gasteiger partial charge >= 0.3 is 0 Å². The summed E-state index contributed by atoms with van der Waals surface area (Å²) in [4.78, 5) is 15.8. The fourth-order valence-corrected chi connectivity index (χ4v) is 3.33. The van der Waals surface area contributed by atoms with Crippen molar-refractivity contribution in [3.63, 3.8) is 0 Å². The van der Waals surface area contributed by atoms with Gasteiger partial charge in [-0.15, -0.1) is 11.3 Å². The van der Waals surface area contributed by atoms with Gasteiger partial charge in [-0.3, -0.25) is 4.79 Å². The van der Waals surface area contributed by atoms with Crippen molar-refractivity contribution in [3.05, 3.63) is 14.5 Å². The summed E-state index contributed by atoms with van der Waals surface area (Å²) in [5.74, 6) is 0.684. The molecule has 1 aliphatic rings. The van der Waals surface area contributed by atoms with Crippen LogP contribution in [0.15, 0.2) is 0 Å². The molecule has 0 bridgehead atoms. The summed E-state index contributed by atoms with van der Waals surface area (Å²) < 4.78 is 6.04. The van der Waals surface area contributed by atoms with Crippen LogP contribution in [-0.4, -0.2) is 30.6 Å². The van der Waals surface area contributed by atoms with E-state index in [4.69, 9.17) is 17.0 Å².